The summed E-state index contributed by atoms with van der Waals surface area (Å²) in [5.74, 6) is 0.119. The number of likely N-dealkylation sites (tertiary alicyclic amines) is 1. The summed E-state index contributed by atoms with van der Waals surface area (Å²) in [5, 5.41) is 0.789. The van der Waals surface area contributed by atoms with Gasteiger partial charge in [-0.25, -0.2) is 0 Å². The molecule has 2 fully saturated rings. The number of aryl methyl sites for hydroxylation is 1. The number of carbonyl (C=O) groups excluding carboxylic acids is 3. The second kappa shape index (κ2) is 9.75. The molecule has 3 heterocycles. The van der Waals surface area contributed by atoms with Crippen LogP contribution < -0.4 is 0 Å². The van der Waals surface area contributed by atoms with Crippen molar-refractivity contribution < 1.29 is 14.4 Å². The molecule has 3 amide bonds. The van der Waals surface area contributed by atoms with Crippen molar-refractivity contribution >= 4 is 45.8 Å². The van der Waals surface area contributed by atoms with Gasteiger partial charge >= 0.3 is 0 Å². The zero-order valence-electron chi connectivity index (χ0n) is 20.0. The molecule has 0 radical (unpaired) electrons. The lowest BCUT2D eigenvalue weighted by atomic mass is 10.0. The summed E-state index contributed by atoms with van der Waals surface area (Å²) in [6.07, 6.45) is 7.91. The Hall–Kier alpha value is -2.54. The normalized spacial score (nSPS) is 20.6. The number of hydrogen-bond acceptors (Lipinski definition) is 4. The highest BCUT2D eigenvalue weighted by atomic mass is 32.2. The van der Waals surface area contributed by atoms with Crippen molar-refractivity contribution in [3.8, 4) is 0 Å². The average molecular weight is 468 g/mol. The first-order chi connectivity index (χ1) is 15.8. The highest BCUT2D eigenvalue weighted by Crippen LogP contribution is 2.35. The van der Waals surface area contributed by atoms with Gasteiger partial charge in [0.05, 0.1) is 10.4 Å². The summed E-state index contributed by atoms with van der Waals surface area (Å²) in [4.78, 5) is 42.3. The van der Waals surface area contributed by atoms with Crippen LogP contribution in [0.4, 0.5) is 4.79 Å². The van der Waals surface area contributed by atoms with Crippen LogP contribution in [0.25, 0.3) is 17.0 Å². The van der Waals surface area contributed by atoms with Gasteiger partial charge in [-0.1, -0.05) is 39.0 Å². The van der Waals surface area contributed by atoms with Crippen molar-refractivity contribution in [1.29, 1.82) is 0 Å². The molecule has 2 aliphatic rings. The topological polar surface area (TPSA) is 62.6 Å². The van der Waals surface area contributed by atoms with E-state index in [1.807, 2.05) is 47.7 Å². The Labute approximate surface area is 200 Å². The number of para-hydroxylation sites is 1. The van der Waals surface area contributed by atoms with Gasteiger partial charge in [0.15, 0.2) is 0 Å². The maximum absolute atomic E-state index is 13.2. The predicted molar refractivity (Wildman–Crippen MR) is 134 cm³/mol. The number of piperidine rings is 1. The van der Waals surface area contributed by atoms with E-state index < -0.39 is 0 Å². The number of thioether (sulfide) groups is 1. The molecular weight excluding hydrogens is 434 g/mol. The molecule has 2 saturated heterocycles. The van der Waals surface area contributed by atoms with Gasteiger partial charge < -0.3 is 9.47 Å². The summed E-state index contributed by atoms with van der Waals surface area (Å²) in [6, 6.07) is 6.41. The molecule has 0 bridgehead atoms. The van der Waals surface area contributed by atoms with Crippen LogP contribution in [-0.4, -0.2) is 50.6 Å². The van der Waals surface area contributed by atoms with Crippen molar-refractivity contribution in [2.24, 2.45) is 5.92 Å². The van der Waals surface area contributed by atoms with Crippen LogP contribution in [0.2, 0.25) is 0 Å². The first-order valence-electron chi connectivity index (χ1n) is 12.0. The highest BCUT2D eigenvalue weighted by molar-refractivity contribution is 8.18. The van der Waals surface area contributed by atoms with Crippen LogP contribution in [0.5, 0.6) is 0 Å². The number of rotatable bonds is 6. The van der Waals surface area contributed by atoms with Crippen LogP contribution in [0.3, 0.4) is 0 Å². The molecule has 1 aromatic carbocycles. The summed E-state index contributed by atoms with van der Waals surface area (Å²) in [7, 11) is 0. The van der Waals surface area contributed by atoms with Crippen molar-refractivity contribution in [1.82, 2.24) is 14.4 Å². The van der Waals surface area contributed by atoms with E-state index in [0.29, 0.717) is 11.4 Å². The Balaban J connectivity index is 1.70. The fourth-order valence-corrected chi connectivity index (χ4v) is 5.70. The highest BCUT2D eigenvalue weighted by Gasteiger charge is 2.35. The summed E-state index contributed by atoms with van der Waals surface area (Å²) in [5.41, 5.74) is 3.07. The number of aromatic nitrogens is 1. The fourth-order valence-electron chi connectivity index (χ4n) is 4.86. The van der Waals surface area contributed by atoms with E-state index in [9.17, 15) is 14.4 Å². The zero-order valence-corrected chi connectivity index (χ0v) is 20.8. The van der Waals surface area contributed by atoms with Gasteiger partial charge in [-0.15, -0.1) is 0 Å². The maximum atomic E-state index is 13.2. The monoisotopic (exact) mass is 467 g/mol. The van der Waals surface area contributed by atoms with Crippen LogP contribution in [-0.2, 0) is 22.6 Å². The Morgan fingerprint density at radius 1 is 1.24 bits per heavy atom. The molecule has 33 heavy (non-hydrogen) atoms. The minimum atomic E-state index is -0.232. The van der Waals surface area contributed by atoms with Crippen molar-refractivity contribution in [2.75, 3.05) is 13.1 Å². The third-order valence-electron chi connectivity index (χ3n) is 6.53. The molecule has 0 saturated carbocycles. The lowest BCUT2D eigenvalue weighted by molar-refractivity contribution is -0.135. The van der Waals surface area contributed by atoms with E-state index in [4.69, 9.17) is 0 Å². The minimum Gasteiger partial charge on any atom is -0.338 e. The molecule has 2 aliphatic heterocycles. The van der Waals surface area contributed by atoms with Gasteiger partial charge in [-0.3, -0.25) is 19.3 Å². The van der Waals surface area contributed by atoms with E-state index in [1.165, 1.54) is 16.9 Å². The van der Waals surface area contributed by atoms with Gasteiger partial charge in [0.25, 0.3) is 11.1 Å². The minimum absolute atomic E-state index is 0.133. The van der Waals surface area contributed by atoms with Gasteiger partial charge in [-0.05, 0) is 61.9 Å². The lowest BCUT2D eigenvalue weighted by Gasteiger charge is -2.33. The lowest BCUT2D eigenvalue weighted by Crippen LogP contribution is -2.43. The molecule has 0 spiro atoms. The van der Waals surface area contributed by atoms with E-state index in [2.05, 4.69) is 19.9 Å². The Morgan fingerprint density at radius 2 is 2.03 bits per heavy atom. The molecule has 176 valence electrons. The number of hydrogen-bond donors (Lipinski definition) is 0. The molecule has 7 heteroatoms. The SMILES string of the molecule is CCc1cccc2c(/C=C3\SC(=O)N(CC(C)C)C3=O)cn(CC(=O)N3CCCC[C@H]3C)c12. The van der Waals surface area contributed by atoms with Crippen LogP contribution in [0.15, 0.2) is 29.3 Å². The first-order valence-corrected chi connectivity index (χ1v) is 12.8. The number of amides is 3. The standard InChI is InChI=1S/C26H33N3O3S/c1-5-19-10-8-11-21-20(13-22-25(31)29(14-17(2)3)26(32)33-22)15-27(24(19)21)16-23(30)28-12-7-6-9-18(28)4/h8,10-11,13,15,17-18H,5-7,9,12,14,16H2,1-4H3/b22-13-/t18-/m1/s1. The largest absolute Gasteiger partial charge is 0.338 e. The number of nitrogens with zero attached hydrogens (tertiary/aromatic N) is 3. The van der Waals surface area contributed by atoms with E-state index in [-0.39, 0.29) is 35.6 Å². The van der Waals surface area contributed by atoms with Crippen LogP contribution >= 0.6 is 11.8 Å². The second-order valence-corrected chi connectivity index (χ2v) is 10.5. The van der Waals surface area contributed by atoms with Crippen molar-refractivity contribution in [3.63, 3.8) is 0 Å². The fraction of sp³-hybridized carbons (Fsp3) is 0.500. The zero-order chi connectivity index (χ0) is 23.7. The molecule has 0 N–H and O–H groups in total. The Morgan fingerprint density at radius 3 is 2.73 bits per heavy atom. The molecular formula is C26H33N3O3S. The third-order valence-corrected chi connectivity index (χ3v) is 7.44. The second-order valence-electron chi connectivity index (χ2n) is 9.50. The quantitative estimate of drug-likeness (QED) is 0.541. The van der Waals surface area contributed by atoms with Crippen molar-refractivity contribution in [3.05, 3.63) is 40.4 Å². The summed E-state index contributed by atoms with van der Waals surface area (Å²) < 4.78 is 2.03. The number of benzene rings is 1. The number of imide groups is 1. The van der Waals surface area contributed by atoms with E-state index in [0.717, 1.165) is 54.0 Å². The van der Waals surface area contributed by atoms with Crippen molar-refractivity contribution in [2.45, 2.75) is 66.0 Å². The average Bonchev–Trinajstić information content (AvgIpc) is 3.25. The van der Waals surface area contributed by atoms with E-state index in [1.54, 1.807) is 0 Å². The first kappa shape index (κ1) is 23.6. The van der Waals surface area contributed by atoms with Gasteiger partial charge in [0, 0.05) is 36.3 Å². The summed E-state index contributed by atoms with van der Waals surface area (Å²) in [6.45, 7) is 9.74. The van der Waals surface area contributed by atoms with E-state index >= 15 is 0 Å². The molecule has 0 unspecified atom stereocenters. The maximum Gasteiger partial charge on any atom is 0.293 e. The van der Waals surface area contributed by atoms with Crippen LogP contribution in [0.1, 0.15) is 58.1 Å². The van der Waals surface area contributed by atoms with Gasteiger partial charge in [0.2, 0.25) is 5.91 Å². The Bertz CT molecular complexity index is 1120. The molecule has 1 atom stereocenters. The molecule has 0 aliphatic carbocycles. The van der Waals surface area contributed by atoms with Gasteiger partial charge in [0.1, 0.15) is 6.54 Å². The third kappa shape index (κ3) is 4.74. The van der Waals surface area contributed by atoms with Crippen LogP contribution in [0, 0.1) is 5.92 Å². The molecule has 2 aromatic rings. The molecule has 6 nitrogen and oxygen atoms in total. The Kier molecular flexibility index (Phi) is 6.98. The number of fused-ring (bicyclic) bond motifs is 1. The smallest absolute Gasteiger partial charge is 0.293 e. The summed E-state index contributed by atoms with van der Waals surface area (Å²) >= 11 is 0.997. The molecule has 4 rings (SSSR count). The predicted octanol–water partition coefficient (Wildman–Crippen LogP) is 5.30. The van der Waals surface area contributed by atoms with Gasteiger partial charge in [-0.2, -0.15) is 0 Å². The number of carbonyl (C=O) groups is 3. The molecule has 1 aromatic heterocycles.